The third kappa shape index (κ3) is 2.65. The number of aliphatic carboxylic acids is 1. The Morgan fingerprint density at radius 1 is 1.53 bits per heavy atom. The van der Waals surface area contributed by atoms with Crippen LogP contribution in [0.2, 0.25) is 5.02 Å². The Balaban J connectivity index is 3.00. The van der Waals surface area contributed by atoms with Crippen molar-refractivity contribution in [1.82, 2.24) is 0 Å². The van der Waals surface area contributed by atoms with Crippen molar-refractivity contribution < 1.29 is 18.7 Å². The van der Waals surface area contributed by atoms with Gasteiger partial charge in [0.05, 0.1) is 0 Å². The largest absolute Gasteiger partial charge is 0.477 e. The molecule has 5 heteroatoms. The average molecular weight is 235 g/mol. The topological polar surface area (TPSA) is 37.3 Å². The SMILES string of the molecule is Cc1cccc(CC(F)(F)C(=O)O)c1Cl. The summed E-state index contributed by atoms with van der Waals surface area (Å²) in [6.07, 6.45) is -0.886. The molecule has 0 heterocycles. The maximum absolute atomic E-state index is 12.9. The van der Waals surface area contributed by atoms with Crippen LogP contribution in [-0.4, -0.2) is 17.0 Å². The fourth-order valence-corrected chi connectivity index (χ4v) is 1.35. The molecule has 1 aromatic rings. The van der Waals surface area contributed by atoms with Gasteiger partial charge in [0.1, 0.15) is 0 Å². The zero-order valence-electron chi connectivity index (χ0n) is 7.93. The second-order valence-electron chi connectivity index (χ2n) is 3.23. The van der Waals surface area contributed by atoms with E-state index in [0.29, 0.717) is 5.56 Å². The molecule has 0 amide bonds. The van der Waals surface area contributed by atoms with Gasteiger partial charge >= 0.3 is 11.9 Å². The quantitative estimate of drug-likeness (QED) is 0.873. The number of rotatable bonds is 3. The number of hydrogen-bond acceptors (Lipinski definition) is 1. The van der Waals surface area contributed by atoms with E-state index in [0.717, 1.165) is 0 Å². The molecule has 0 saturated carbocycles. The maximum atomic E-state index is 12.9. The van der Waals surface area contributed by atoms with Gasteiger partial charge in [0.2, 0.25) is 0 Å². The minimum absolute atomic E-state index is 0.143. The lowest BCUT2D eigenvalue weighted by Gasteiger charge is -2.12. The second-order valence-corrected chi connectivity index (χ2v) is 3.61. The van der Waals surface area contributed by atoms with Gasteiger partial charge in [-0.15, -0.1) is 0 Å². The Labute approximate surface area is 90.5 Å². The van der Waals surface area contributed by atoms with Crippen molar-refractivity contribution >= 4 is 17.6 Å². The van der Waals surface area contributed by atoms with E-state index in [9.17, 15) is 13.6 Å². The van der Waals surface area contributed by atoms with Crippen LogP contribution in [0.1, 0.15) is 11.1 Å². The standard InChI is InChI=1S/C10H9ClF2O2/c1-6-3-2-4-7(8(6)11)5-10(12,13)9(14)15/h2-4H,5H2,1H3,(H,14,15). The zero-order chi connectivity index (χ0) is 11.6. The van der Waals surface area contributed by atoms with E-state index >= 15 is 0 Å². The summed E-state index contributed by atoms with van der Waals surface area (Å²) in [4.78, 5) is 10.2. The number of benzene rings is 1. The summed E-state index contributed by atoms with van der Waals surface area (Å²) in [5.41, 5.74) is 0.791. The number of halogens is 3. The Bertz CT molecular complexity index is 391. The van der Waals surface area contributed by atoms with Crippen molar-refractivity contribution in [3.63, 3.8) is 0 Å². The first kappa shape index (κ1) is 11.9. The molecule has 0 saturated heterocycles. The predicted octanol–water partition coefficient (Wildman–Crippen LogP) is 2.91. The van der Waals surface area contributed by atoms with Crippen LogP contribution >= 0.6 is 11.6 Å². The molecular formula is C10H9ClF2O2. The van der Waals surface area contributed by atoms with Crippen LogP contribution in [0.25, 0.3) is 0 Å². The van der Waals surface area contributed by atoms with E-state index in [1.165, 1.54) is 6.07 Å². The van der Waals surface area contributed by atoms with Gasteiger partial charge in [-0.25, -0.2) is 4.79 Å². The molecular weight excluding hydrogens is 226 g/mol. The van der Waals surface area contributed by atoms with Crippen LogP contribution in [0.4, 0.5) is 8.78 Å². The van der Waals surface area contributed by atoms with Gasteiger partial charge in [-0.3, -0.25) is 0 Å². The lowest BCUT2D eigenvalue weighted by molar-refractivity contribution is -0.164. The highest BCUT2D eigenvalue weighted by molar-refractivity contribution is 6.32. The highest BCUT2D eigenvalue weighted by Crippen LogP contribution is 2.27. The highest BCUT2D eigenvalue weighted by atomic mass is 35.5. The Hall–Kier alpha value is -1.16. The Morgan fingerprint density at radius 2 is 2.13 bits per heavy atom. The molecule has 0 aliphatic rings. The molecule has 0 unspecified atom stereocenters. The first-order valence-electron chi connectivity index (χ1n) is 4.20. The molecule has 0 aliphatic heterocycles. The zero-order valence-corrected chi connectivity index (χ0v) is 8.68. The third-order valence-corrected chi connectivity index (χ3v) is 2.54. The molecule has 82 valence electrons. The summed E-state index contributed by atoms with van der Waals surface area (Å²) in [6, 6.07) is 4.63. The number of carbonyl (C=O) groups is 1. The summed E-state index contributed by atoms with van der Waals surface area (Å²) < 4.78 is 25.8. The van der Waals surface area contributed by atoms with Crippen molar-refractivity contribution in [1.29, 1.82) is 0 Å². The lowest BCUT2D eigenvalue weighted by atomic mass is 10.0. The van der Waals surface area contributed by atoms with Crippen molar-refractivity contribution in [3.05, 3.63) is 34.3 Å². The minimum Gasteiger partial charge on any atom is -0.477 e. The maximum Gasteiger partial charge on any atom is 0.374 e. The predicted molar refractivity (Wildman–Crippen MR) is 52.5 cm³/mol. The van der Waals surface area contributed by atoms with E-state index < -0.39 is 18.3 Å². The molecule has 0 spiro atoms. The molecule has 1 N–H and O–H groups in total. The number of alkyl halides is 2. The average Bonchev–Trinajstić information content (AvgIpc) is 2.12. The van der Waals surface area contributed by atoms with Crippen molar-refractivity contribution in [2.45, 2.75) is 19.3 Å². The summed E-state index contributed by atoms with van der Waals surface area (Å²) in [7, 11) is 0. The van der Waals surface area contributed by atoms with E-state index in [-0.39, 0.29) is 10.6 Å². The van der Waals surface area contributed by atoms with E-state index in [1.807, 2.05) is 0 Å². The van der Waals surface area contributed by atoms with E-state index in [1.54, 1.807) is 19.1 Å². The molecule has 0 bridgehead atoms. The van der Waals surface area contributed by atoms with Crippen LogP contribution in [0, 0.1) is 6.92 Å². The van der Waals surface area contributed by atoms with Crippen LogP contribution in [0.3, 0.4) is 0 Å². The van der Waals surface area contributed by atoms with Crippen LogP contribution < -0.4 is 0 Å². The van der Waals surface area contributed by atoms with Gasteiger partial charge in [-0.1, -0.05) is 29.8 Å². The number of carboxylic acid groups (broad SMARTS) is 1. The molecule has 15 heavy (non-hydrogen) atoms. The van der Waals surface area contributed by atoms with Crippen LogP contribution in [0.15, 0.2) is 18.2 Å². The summed E-state index contributed by atoms with van der Waals surface area (Å²) >= 11 is 5.78. The normalized spacial score (nSPS) is 11.5. The molecule has 1 rings (SSSR count). The summed E-state index contributed by atoms with van der Waals surface area (Å²) in [6.45, 7) is 1.67. The van der Waals surface area contributed by atoms with Crippen LogP contribution in [-0.2, 0) is 11.2 Å². The van der Waals surface area contributed by atoms with Crippen LogP contribution in [0.5, 0.6) is 0 Å². The Morgan fingerprint density at radius 3 is 2.67 bits per heavy atom. The fraction of sp³-hybridized carbons (Fsp3) is 0.300. The van der Waals surface area contributed by atoms with Crippen molar-refractivity contribution in [3.8, 4) is 0 Å². The van der Waals surface area contributed by atoms with Gasteiger partial charge in [-0.2, -0.15) is 8.78 Å². The molecule has 0 radical (unpaired) electrons. The first-order valence-corrected chi connectivity index (χ1v) is 4.57. The summed E-state index contributed by atoms with van der Waals surface area (Å²) in [5, 5.41) is 8.46. The summed E-state index contributed by atoms with van der Waals surface area (Å²) in [5.74, 6) is -5.92. The van der Waals surface area contributed by atoms with Gasteiger partial charge in [-0.05, 0) is 18.1 Å². The molecule has 0 atom stereocenters. The smallest absolute Gasteiger partial charge is 0.374 e. The van der Waals surface area contributed by atoms with Gasteiger partial charge in [0, 0.05) is 11.4 Å². The van der Waals surface area contributed by atoms with Crippen molar-refractivity contribution in [2.24, 2.45) is 0 Å². The molecule has 0 fully saturated rings. The number of hydrogen-bond donors (Lipinski definition) is 1. The number of aryl methyl sites for hydroxylation is 1. The molecule has 0 aliphatic carbocycles. The molecule has 1 aromatic carbocycles. The highest BCUT2D eigenvalue weighted by Gasteiger charge is 2.39. The third-order valence-electron chi connectivity index (χ3n) is 2.00. The van der Waals surface area contributed by atoms with E-state index in [4.69, 9.17) is 16.7 Å². The monoisotopic (exact) mass is 234 g/mol. The van der Waals surface area contributed by atoms with Gasteiger partial charge in [0.25, 0.3) is 0 Å². The minimum atomic E-state index is -3.78. The Kier molecular flexibility index (Phi) is 3.29. The first-order chi connectivity index (χ1) is 6.84. The second kappa shape index (κ2) is 4.14. The van der Waals surface area contributed by atoms with Gasteiger partial charge in [0.15, 0.2) is 0 Å². The van der Waals surface area contributed by atoms with Gasteiger partial charge < -0.3 is 5.11 Å². The number of carboxylic acids is 1. The molecule has 2 nitrogen and oxygen atoms in total. The fourth-order valence-electron chi connectivity index (χ4n) is 1.16. The van der Waals surface area contributed by atoms with E-state index in [2.05, 4.69) is 0 Å². The molecule has 0 aromatic heterocycles. The lowest BCUT2D eigenvalue weighted by Crippen LogP contribution is -2.30. The van der Waals surface area contributed by atoms with Crippen molar-refractivity contribution in [2.75, 3.05) is 0 Å².